The summed E-state index contributed by atoms with van der Waals surface area (Å²) >= 11 is 0. The minimum Gasteiger partial charge on any atom is -0.465 e. The van der Waals surface area contributed by atoms with E-state index in [0.29, 0.717) is 5.96 Å². The average Bonchev–Trinajstić information content (AvgIpc) is 2.68. The number of esters is 1. The van der Waals surface area contributed by atoms with Crippen molar-refractivity contribution < 1.29 is 14.3 Å². The molecular weight excluding hydrogens is 332 g/mol. The number of carbonyl (C=O) groups excluding carboxylic acids is 2. The first-order chi connectivity index (χ1) is 12.6. The summed E-state index contributed by atoms with van der Waals surface area (Å²) in [6, 6.07) is 8.90. The molecule has 26 heavy (non-hydrogen) atoms. The van der Waals surface area contributed by atoms with Crippen LogP contribution in [0.2, 0.25) is 0 Å². The summed E-state index contributed by atoms with van der Waals surface area (Å²) in [6.07, 6.45) is 0. The summed E-state index contributed by atoms with van der Waals surface area (Å²) in [5.74, 6) is -1.28. The van der Waals surface area contributed by atoms with E-state index < -0.39 is 17.9 Å². The lowest BCUT2D eigenvalue weighted by Gasteiger charge is -2.38. The molecule has 2 atom stereocenters. The molecule has 2 aliphatic heterocycles. The van der Waals surface area contributed by atoms with E-state index in [1.807, 2.05) is 30.3 Å². The Morgan fingerprint density at radius 1 is 1.19 bits per heavy atom. The smallest absolute Gasteiger partial charge is 0.321 e. The van der Waals surface area contributed by atoms with E-state index in [-0.39, 0.29) is 12.5 Å². The van der Waals surface area contributed by atoms with Crippen LogP contribution in [-0.2, 0) is 14.3 Å². The van der Waals surface area contributed by atoms with Gasteiger partial charge in [0.2, 0.25) is 11.9 Å². The number of likely N-dealkylation sites (N-methyl/N-ethyl adjacent to an activating group) is 1. The maximum Gasteiger partial charge on any atom is 0.321 e. The van der Waals surface area contributed by atoms with Crippen molar-refractivity contribution in [2.24, 2.45) is 10.9 Å². The maximum absolute atomic E-state index is 12.7. The van der Waals surface area contributed by atoms with Crippen LogP contribution in [-0.4, -0.2) is 67.0 Å². The fourth-order valence-electron chi connectivity index (χ4n) is 3.39. The standard InChI is InChI=1S/C19H26N4O3/c1-3-22-10-12-23(13-11-22)19-20-16(14-8-6-5-7-9-14)15(17(24)21-19)18(25)26-4-2/h5-9,15-16H,3-4,10-13H2,1-2H3,(H,20,21,24)/t15-,16-/m1/s1. The monoisotopic (exact) mass is 358 g/mol. The Balaban J connectivity index is 1.88. The molecule has 140 valence electrons. The highest BCUT2D eigenvalue weighted by Crippen LogP contribution is 2.30. The molecular formula is C19H26N4O3. The Morgan fingerprint density at radius 3 is 2.50 bits per heavy atom. The molecule has 1 N–H and O–H groups in total. The van der Waals surface area contributed by atoms with Crippen LogP contribution in [0.5, 0.6) is 0 Å². The van der Waals surface area contributed by atoms with Crippen LogP contribution in [0.1, 0.15) is 25.5 Å². The largest absolute Gasteiger partial charge is 0.465 e. The number of rotatable bonds is 4. The van der Waals surface area contributed by atoms with Crippen molar-refractivity contribution in [1.82, 2.24) is 15.1 Å². The number of nitrogens with zero attached hydrogens (tertiary/aromatic N) is 3. The number of guanidine groups is 1. The number of carbonyl (C=O) groups is 2. The van der Waals surface area contributed by atoms with Crippen molar-refractivity contribution in [2.75, 3.05) is 39.3 Å². The summed E-state index contributed by atoms with van der Waals surface area (Å²) in [6.45, 7) is 8.61. The highest BCUT2D eigenvalue weighted by molar-refractivity contribution is 6.08. The zero-order valence-electron chi connectivity index (χ0n) is 15.4. The highest BCUT2D eigenvalue weighted by atomic mass is 16.5. The molecule has 0 saturated carbocycles. The zero-order valence-corrected chi connectivity index (χ0v) is 15.4. The van der Waals surface area contributed by atoms with Gasteiger partial charge < -0.3 is 14.5 Å². The number of hydrogen-bond donors (Lipinski definition) is 1. The molecule has 0 spiro atoms. The van der Waals surface area contributed by atoms with Crippen molar-refractivity contribution in [2.45, 2.75) is 19.9 Å². The molecule has 0 aliphatic carbocycles. The lowest BCUT2D eigenvalue weighted by atomic mass is 9.91. The van der Waals surface area contributed by atoms with Gasteiger partial charge in [-0.1, -0.05) is 37.3 Å². The second kappa shape index (κ2) is 8.31. The predicted octanol–water partition coefficient (Wildman–Crippen LogP) is 1.03. The van der Waals surface area contributed by atoms with Crippen molar-refractivity contribution in [3.8, 4) is 0 Å². The Labute approximate surface area is 154 Å². The van der Waals surface area contributed by atoms with Crippen LogP contribution in [0.15, 0.2) is 35.3 Å². The molecule has 2 heterocycles. The van der Waals surface area contributed by atoms with Gasteiger partial charge in [0.05, 0.1) is 6.61 Å². The topological polar surface area (TPSA) is 74.2 Å². The second-order valence-electron chi connectivity index (χ2n) is 6.45. The van der Waals surface area contributed by atoms with E-state index >= 15 is 0 Å². The number of ether oxygens (including phenoxy) is 1. The number of nitrogens with one attached hydrogen (secondary N) is 1. The number of benzene rings is 1. The minimum atomic E-state index is -0.960. The van der Waals surface area contributed by atoms with Crippen LogP contribution in [0.25, 0.3) is 0 Å². The van der Waals surface area contributed by atoms with Gasteiger partial charge >= 0.3 is 5.97 Å². The fourth-order valence-corrected chi connectivity index (χ4v) is 3.39. The molecule has 0 aromatic heterocycles. The molecule has 1 amide bonds. The molecule has 1 saturated heterocycles. The van der Waals surface area contributed by atoms with Crippen molar-refractivity contribution in [3.05, 3.63) is 35.9 Å². The Kier molecular flexibility index (Phi) is 5.88. The summed E-state index contributed by atoms with van der Waals surface area (Å²) in [4.78, 5) is 34.3. The first kappa shape index (κ1) is 18.4. The van der Waals surface area contributed by atoms with Gasteiger partial charge in [0, 0.05) is 26.2 Å². The summed E-state index contributed by atoms with van der Waals surface area (Å²) < 4.78 is 5.12. The fraction of sp³-hybridized carbons (Fsp3) is 0.526. The third-order valence-electron chi connectivity index (χ3n) is 4.90. The van der Waals surface area contributed by atoms with Crippen molar-refractivity contribution in [3.63, 3.8) is 0 Å². The molecule has 0 unspecified atom stereocenters. The minimum absolute atomic E-state index is 0.236. The number of aliphatic imine (C=N–C) groups is 1. The molecule has 7 heteroatoms. The highest BCUT2D eigenvalue weighted by Gasteiger charge is 2.42. The summed E-state index contributed by atoms with van der Waals surface area (Å²) in [5.41, 5.74) is 0.838. The maximum atomic E-state index is 12.7. The second-order valence-corrected chi connectivity index (χ2v) is 6.45. The van der Waals surface area contributed by atoms with Gasteiger partial charge in [0.1, 0.15) is 6.04 Å². The number of piperazine rings is 1. The van der Waals surface area contributed by atoms with E-state index in [9.17, 15) is 9.59 Å². The zero-order chi connectivity index (χ0) is 18.5. The van der Waals surface area contributed by atoms with Crippen LogP contribution < -0.4 is 5.32 Å². The molecule has 1 aromatic carbocycles. The van der Waals surface area contributed by atoms with E-state index in [2.05, 4.69) is 22.0 Å². The Bertz CT molecular complexity index is 669. The third-order valence-corrected chi connectivity index (χ3v) is 4.90. The van der Waals surface area contributed by atoms with E-state index in [4.69, 9.17) is 9.73 Å². The molecule has 2 aliphatic rings. The number of amides is 1. The SMILES string of the molecule is CCOC(=O)[C@H]1C(=O)NC(N2CCN(CC)CC2)=N[C@@H]1c1ccccc1. The van der Waals surface area contributed by atoms with Crippen molar-refractivity contribution >= 4 is 17.8 Å². The van der Waals surface area contributed by atoms with Gasteiger partial charge in [-0.3, -0.25) is 14.9 Å². The van der Waals surface area contributed by atoms with Gasteiger partial charge in [-0.15, -0.1) is 0 Å². The van der Waals surface area contributed by atoms with Gasteiger partial charge in [-0.05, 0) is 19.0 Å². The summed E-state index contributed by atoms with van der Waals surface area (Å²) in [7, 11) is 0. The van der Waals surface area contributed by atoms with Crippen LogP contribution >= 0.6 is 0 Å². The molecule has 7 nitrogen and oxygen atoms in total. The van der Waals surface area contributed by atoms with Gasteiger partial charge in [-0.25, -0.2) is 4.99 Å². The molecule has 0 bridgehead atoms. The average molecular weight is 358 g/mol. The van der Waals surface area contributed by atoms with Crippen molar-refractivity contribution in [1.29, 1.82) is 0 Å². The molecule has 0 radical (unpaired) electrons. The molecule has 1 fully saturated rings. The van der Waals surface area contributed by atoms with Crippen LogP contribution in [0.4, 0.5) is 0 Å². The molecule has 3 rings (SSSR count). The quantitative estimate of drug-likeness (QED) is 0.643. The predicted molar refractivity (Wildman–Crippen MR) is 98.6 cm³/mol. The Hall–Kier alpha value is -2.41. The summed E-state index contributed by atoms with van der Waals surface area (Å²) in [5, 5.41) is 2.83. The van der Waals surface area contributed by atoms with Crippen LogP contribution in [0, 0.1) is 5.92 Å². The first-order valence-electron chi connectivity index (χ1n) is 9.21. The van der Waals surface area contributed by atoms with E-state index in [1.165, 1.54) is 0 Å². The lowest BCUT2D eigenvalue weighted by molar-refractivity contribution is -0.153. The van der Waals surface area contributed by atoms with E-state index in [0.717, 1.165) is 38.3 Å². The van der Waals surface area contributed by atoms with Crippen LogP contribution in [0.3, 0.4) is 0 Å². The normalized spacial score (nSPS) is 24.0. The van der Waals surface area contributed by atoms with Gasteiger partial charge in [-0.2, -0.15) is 0 Å². The Morgan fingerprint density at radius 2 is 1.88 bits per heavy atom. The van der Waals surface area contributed by atoms with Gasteiger partial charge in [0.15, 0.2) is 5.92 Å². The first-order valence-corrected chi connectivity index (χ1v) is 9.21. The third kappa shape index (κ3) is 3.88. The number of hydrogen-bond acceptors (Lipinski definition) is 6. The molecule has 1 aromatic rings. The van der Waals surface area contributed by atoms with Gasteiger partial charge in [0.25, 0.3) is 0 Å². The lowest BCUT2D eigenvalue weighted by Crippen LogP contribution is -2.57. The van der Waals surface area contributed by atoms with E-state index in [1.54, 1.807) is 6.92 Å².